The highest BCUT2D eigenvalue weighted by molar-refractivity contribution is 8.00. The summed E-state index contributed by atoms with van der Waals surface area (Å²) >= 11 is 1.71. The molecule has 0 radical (unpaired) electrons. The number of hydrogen-bond donors (Lipinski definition) is 2. The van der Waals surface area contributed by atoms with Gasteiger partial charge in [0.1, 0.15) is 0 Å². The summed E-state index contributed by atoms with van der Waals surface area (Å²) in [4.78, 5) is 13.5. The number of nitrogens with zero attached hydrogens (tertiary/aromatic N) is 2. The van der Waals surface area contributed by atoms with Gasteiger partial charge in [-0.3, -0.25) is 15.4 Å². The number of nitro groups is 1. The molecule has 0 bridgehead atoms. The van der Waals surface area contributed by atoms with Crippen LogP contribution in [-0.4, -0.2) is 52.7 Å². The molecule has 1 fully saturated rings. The zero-order valence-electron chi connectivity index (χ0n) is 18.9. The summed E-state index contributed by atoms with van der Waals surface area (Å²) in [5.41, 5.74) is -1.51. The standard InChI is InChI=1S/C22H34N4O4S2/c1-17-10-11-18(2)25(17)22(26(27)28)14-7-13-21(16-22,32(23,29)30)24-15-12-19(3)31-20-8-5-4-6-9-20/h4-9,13,17-19,24H,10-12,14-16H2,1-3H3,(H2,23,29,30)/t17-,18+,19?,21-,22?/m0/s1. The molecular formula is C22H34N4O4S2. The third-order valence-electron chi connectivity index (χ3n) is 6.71. The van der Waals surface area contributed by atoms with Crippen molar-refractivity contribution >= 4 is 21.8 Å². The number of rotatable bonds is 9. The van der Waals surface area contributed by atoms with Gasteiger partial charge >= 0.3 is 0 Å². The maximum Gasteiger partial charge on any atom is 0.284 e. The second kappa shape index (κ2) is 9.80. The van der Waals surface area contributed by atoms with E-state index in [1.807, 2.05) is 49.1 Å². The van der Waals surface area contributed by atoms with Crippen molar-refractivity contribution in [3.63, 3.8) is 0 Å². The fourth-order valence-electron chi connectivity index (χ4n) is 5.13. The first kappa shape index (κ1) is 25.2. The highest BCUT2D eigenvalue weighted by Gasteiger charge is 2.61. The van der Waals surface area contributed by atoms with E-state index in [9.17, 15) is 18.5 Å². The Kier molecular flexibility index (Phi) is 7.71. The van der Waals surface area contributed by atoms with E-state index < -0.39 is 20.6 Å². The molecule has 1 aromatic carbocycles. The zero-order valence-corrected chi connectivity index (χ0v) is 20.6. The minimum atomic E-state index is -4.15. The summed E-state index contributed by atoms with van der Waals surface area (Å²) in [7, 11) is -4.15. The summed E-state index contributed by atoms with van der Waals surface area (Å²) in [6, 6.07) is 10.00. The normalized spacial score (nSPS) is 32.1. The number of likely N-dealkylation sites (tertiary alicyclic amines) is 1. The molecule has 0 amide bonds. The Morgan fingerprint density at radius 2 is 1.91 bits per heavy atom. The molecule has 10 heteroatoms. The fourth-order valence-corrected chi connectivity index (χ4v) is 7.17. The summed E-state index contributed by atoms with van der Waals surface area (Å²) in [6.45, 7) is 6.40. The topological polar surface area (TPSA) is 119 Å². The van der Waals surface area contributed by atoms with Crippen LogP contribution in [0.4, 0.5) is 0 Å². The second-order valence-corrected chi connectivity index (χ2v) is 12.4. The molecule has 5 atom stereocenters. The molecule has 3 rings (SSSR count). The predicted octanol–water partition coefficient (Wildman–Crippen LogP) is 3.33. The van der Waals surface area contributed by atoms with Crippen LogP contribution in [0.3, 0.4) is 0 Å². The van der Waals surface area contributed by atoms with Crippen molar-refractivity contribution in [3.05, 3.63) is 52.6 Å². The lowest BCUT2D eigenvalue weighted by Crippen LogP contribution is -2.67. The van der Waals surface area contributed by atoms with Crippen molar-refractivity contribution in [2.45, 2.75) is 85.6 Å². The highest BCUT2D eigenvalue weighted by Crippen LogP contribution is 2.43. The molecule has 3 N–H and O–H groups in total. The Balaban J connectivity index is 1.80. The lowest BCUT2D eigenvalue weighted by atomic mass is 9.87. The van der Waals surface area contributed by atoms with Crippen molar-refractivity contribution in [3.8, 4) is 0 Å². The molecular weight excluding hydrogens is 448 g/mol. The zero-order chi connectivity index (χ0) is 23.6. The number of benzene rings is 1. The van der Waals surface area contributed by atoms with Gasteiger partial charge < -0.3 is 0 Å². The van der Waals surface area contributed by atoms with Gasteiger partial charge in [-0.15, -0.1) is 11.8 Å². The molecule has 0 aromatic heterocycles. The lowest BCUT2D eigenvalue weighted by molar-refractivity contribution is -0.607. The molecule has 1 saturated heterocycles. The molecule has 8 nitrogen and oxygen atoms in total. The van der Waals surface area contributed by atoms with Crippen LogP contribution in [0.1, 0.15) is 52.9 Å². The van der Waals surface area contributed by atoms with E-state index in [1.54, 1.807) is 17.8 Å². The average Bonchev–Trinajstić information content (AvgIpc) is 3.06. The van der Waals surface area contributed by atoms with Crippen molar-refractivity contribution < 1.29 is 13.3 Å². The summed E-state index contributed by atoms with van der Waals surface area (Å²) in [5.74, 6) is 0. The minimum absolute atomic E-state index is 0.00220. The van der Waals surface area contributed by atoms with Gasteiger partial charge in [0.2, 0.25) is 10.0 Å². The Hall–Kier alpha value is -1.46. The quantitative estimate of drug-likeness (QED) is 0.240. The van der Waals surface area contributed by atoms with Gasteiger partial charge in [-0.1, -0.05) is 37.3 Å². The molecule has 2 aliphatic rings. The van der Waals surface area contributed by atoms with Crippen molar-refractivity contribution in [2.24, 2.45) is 5.14 Å². The first-order valence-corrected chi connectivity index (χ1v) is 13.5. The van der Waals surface area contributed by atoms with Crippen LogP contribution in [0.5, 0.6) is 0 Å². The smallest absolute Gasteiger partial charge is 0.284 e. The third-order valence-corrected chi connectivity index (χ3v) is 9.34. The van der Waals surface area contributed by atoms with Crippen LogP contribution in [0.15, 0.2) is 47.4 Å². The van der Waals surface area contributed by atoms with Gasteiger partial charge in [0.25, 0.3) is 5.66 Å². The van der Waals surface area contributed by atoms with Crippen LogP contribution in [0, 0.1) is 10.1 Å². The van der Waals surface area contributed by atoms with Crippen LogP contribution >= 0.6 is 11.8 Å². The van der Waals surface area contributed by atoms with Crippen LogP contribution in [0.2, 0.25) is 0 Å². The lowest BCUT2D eigenvalue weighted by Gasteiger charge is -2.45. The monoisotopic (exact) mass is 482 g/mol. The third kappa shape index (κ3) is 5.04. The largest absolute Gasteiger partial charge is 0.294 e. The average molecular weight is 483 g/mol. The number of sulfonamides is 1. The van der Waals surface area contributed by atoms with Crippen molar-refractivity contribution in [1.82, 2.24) is 10.2 Å². The van der Waals surface area contributed by atoms with Crippen LogP contribution < -0.4 is 10.5 Å². The molecule has 0 spiro atoms. The summed E-state index contributed by atoms with van der Waals surface area (Å²) in [5, 5.41) is 21.4. The van der Waals surface area contributed by atoms with Gasteiger partial charge in [0, 0.05) is 27.2 Å². The SMILES string of the molecule is CC(CCN[C@]1(S(N)(=O)=O)C=CCC(N2[C@H](C)CC[C@@H]2C)([N+](=O)[O-])C1)Sc1ccccc1. The molecule has 32 heavy (non-hydrogen) atoms. The Labute approximate surface area is 195 Å². The van der Waals surface area contributed by atoms with E-state index in [2.05, 4.69) is 12.2 Å². The number of nitrogens with two attached hydrogens (primary N) is 1. The predicted molar refractivity (Wildman–Crippen MR) is 128 cm³/mol. The fraction of sp³-hybridized carbons (Fsp3) is 0.636. The number of thioether (sulfide) groups is 1. The minimum Gasteiger partial charge on any atom is -0.294 e. The van der Waals surface area contributed by atoms with E-state index in [0.717, 1.165) is 17.7 Å². The molecule has 1 heterocycles. The van der Waals surface area contributed by atoms with E-state index in [-0.39, 0.29) is 35.1 Å². The summed E-state index contributed by atoms with van der Waals surface area (Å²) < 4.78 is 25.6. The molecule has 1 aliphatic heterocycles. The molecule has 2 unspecified atom stereocenters. The van der Waals surface area contributed by atoms with Crippen molar-refractivity contribution in [2.75, 3.05) is 6.54 Å². The van der Waals surface area contributed by atoms with E-state index in [1.165, 1.54) is 6.08 Å². The Morgan fingerprint density at radius 1 is 1.28 bits per heavy atom. The molecule has 178 valence electrons. The van der Waals surface area contributed by atoms with Gasteiger partial charge in [-0.2, -0.15) is 0 Å². The van der Waals surface area contributed by atoms with E-state index >= 15 is 0 Å². The molecule has 1 aromatic rings. The Morgan fingerprint density at radius 3 is 2.47 bits per heavy atom. The first-order valence-electron chi connectivity index (χ1n) is 11.1. The van der Waals surface area contributed by atoms with Crippen molar-refractivity contribution in [1.29, 1.82) is 0 Å². The van der Waals surface area contributed by atoms with Crippen LogP contribution in [-0.2, 0) is 10.0 Å². The maximum atomic E-state index is 12.8. The van der Waals surface area contributed by atoms with Gasteiger partial charge in [0.05, 0.1) is 12.8 Å². The van der Waals surface area contributed by atoms with Gasteiger partial charge in [-0.05, 0) is 51.8 Å². The number of primary sulfonamides is 1. The Bertz CT molecular complexity index is 933. The first-order chi connectivity index (χ1) is 15.0. The van der Waals surface area contributed by atoms with Crippen LogP contribution in [0.25, 0.3) is 0 Å². The number of nitrogens with one attached hydrogen (secondary N) is 1. The van der Waals surface area contributed by atoms with E-state index in [0.29, 0.717) is 13.0 Å². The van der Waals surface area contributed by atoms with Gasteiger partial charge in [-0.25, -0.2) is 18.5 Å². The molecule has 0 saturated carbocycles. The number of hydrogen-bond acceptors (Lipinski definition) is 7. The second-order valence-electron chi connectivity index (χ2n) is 9.10. The highest BCUT2D eigenvalue weighted by atomic mass is 32.2. The van der Waals surface area contributed by atoms with Gasteiger partial charge in [0.15, 0.2) is 4.87 Å². The molecule has 1 aliphatic carbocycles. The summed E-state index contributed by atoms with van der Waals surface area (Å²) in [6.07, 6.45) is 5.47. The maximum absolute atomic E-state index is 12.8. The van der Waals surface area contributed by atoms with E-state index in [4.69, 9.17) is 5.14 Å².